The van der Waals surface area contributed by atoms with Crippen molar-refractivity contribution >= 4 is 33.7 Å². The number of furan rings is 1. The smallest absolute Gasteiger partial charge is 0.272 e. The number of halogens is 1. The highest BCUT2D eigenvalue weighted by Crippen LogP contribution is 2.28. The molecule has 0 aliphatic rings. The van der Waals surface area contributed by atoms with Crippen LogP contribution in [0.4, 0.5) is 5.69 Å². The van der Waals surface area contributed by atoms with Gasteiger partial charge < -0.3 is 4.42 Å². The van der Waals surface area contributed by atoms with Crippen LogP contribution in [0.25, 0.3) is 11.3 Å². The highest BCUT2D eigenvalue weighted by molar-refractivity contribution is 9.10. The van der Waals surface area contributed by atoms with Crippen LogP contribution in [0, 0.1) is 17.0 Å². The number of non-ortho nitro benzene ring substituents is 1. The Balaban J connectivity index is 1.74. The van der Waals surface area contributed by atoms with Crippen molar-refractivity contribution in [2.75, 3.05) is 0 Å². The minimum absolute atomic E-state index is 0.0112. The average molecular weight is 428 g/mol. The van der Waals surface area contributed by atoms with Crippen molar-refractivity contribution in [2.45, 2.75) is 6.92 Å². The van der Waals surface area contributed by atoms with E-state index in [0.29, 0.717) is 27.1 Å². The van der Waals surface area contributed by atoms with Gasteiger partial charge in [0.05, 0.1) is 16.7 Å². The number of aryl methyl sites for hydroxylation is 1. The van der Waals surface area contributed by atoms with Crippen LogP contribution >= 0.6 is 15.9 Å². The monoisotopic (exact) mass is 427 g/mol. The molecule has 0 radical (unpaired) electrons. The van der Waals surface area contributed by atoms with E-state index in [9.17, 15) is 14.9 Å². The lowest BCUT2D eigenvalue weighted by Crippen LogP contribution is -2.17. The lowest BCUT2D eigenvalue weighted by molar-refractivity contribution is -0.384. The van der Waals surface area contributed by atoms with Crippen LogP contribution in [0.2, 0.25) is 0 Å². The molecule has 0 fully saturated rings. The number of nitrogens with one attached hydrogen (secondary N) is 1. The third-order valence-electron chi connectivity index (χ3n) is 3.80. The molecule has 3 rings (SSSR count). The van der Waals surface area contributed by atoms with E-state index in [0.717, 1.165) is 5.56 Å². The molecule has 0 aliphatic carbocycles. The molecule has 0 bridgehead atoms. The van der Waals surface area contributed by atoms with Gasteiger partial charge in [-0.3, -0.25) is 14.9 Å². The normalized spacial score (nSPS) is 10.9. The fraction of sp³-hybridized carbons (Fsp3) is 0.0526. The van der Waals surface area contributed by atoms with Crippen LogP contribution in [-0.2, 0) is 0 Å². The van der Waals surface area contributed by atoms with E-state index in [2.05, 4.69) is 26.5 Å². The van der Waals surface area contributed by atoms with Gasteiger partial charge in [-0.2, -0.15) is 5.10 Å². The first-order chi connectivity index (χ1) is 13.0. The Labute approximate surface area is 163 Å². The standard InChI is InChI=1S/C19H14BrN3O4/c1-12-6-7-13(23(25)26)10-16(12)18-9-8-14(27-18)11-21-22-19(24)15-4-2-3-5-17(15)20/h2-11H,1H3,(H,22,24)/b21-11-. The Morgan fingerprint density at radius 2 is 2.00 bits per heavy atom. The van der Waals surface area contributed by atoms with Crippen LogP contribution < -0.4 is 5.43 Å². The number of hydrazone groups is 1. The lowest BCUT2D eigenvalue weighted by Gasteiger charge is -2.02. The third kappa shape index (κ3) is 4.29. The highest BCUT2D eigenvalue weighted by Gasteiger charge is 2.13. The highest BCUT2D eigenvalue weighted by atomic mass is 79.9. The van der Waals surface area contributed by atoms with E-state index in [1.807, 2.05) is 13.0 Å². The number of carbonyl (C=O) groups is 1. The van der Waals surface area contributed by atoms with E-state index >= 15 is 0 Å². The Hall–Kier alpha value is -3.26. The summed E-state index contributed by atoms with van der Waals surface area (Å²) in [5.41, 5.74) is 4.35. The van der Waals surface area contributed by atoms with Gasteiger partial charge in [0, 0.05) is 22.2 Å². The quantitative estimate of drug-likeness (QED) is 0.362. The minimum Gasteiger partial charge on any atom is -0.455 e. The van der Waals surface area contributed by atoms with Crippen molar-refractivity contribution < 1.29 is 14.1 Å². The maximum absolute atomic E-state index is 12.1. The Morgan fingerprint density at radius 1 is 1.22 bits per heavy atom. The Bertz CT molecular complexity index is 1040. The molecular formula is C19H14BrN3O4. The number of carbonyl (C=O) groups excluding carboxylic acids is 1. The fourth-order valence-corrected chi connectivity index (χ4v) is 2.88. The SMILES string of the molecule is Cc1ccc([N+](=O)[O-])cc1-c1ccc(/C=N\NC(=O)c2ccccc2Br)o1. The predicted molar refractivity (Wildman–Crippen MR) is 105 cm³/mol. The van der Waals surface area contributed by atoms with E-state index in [4.69, 9.17) is 4.42 Å². The van der Waals surface area contributed by atoms with Gasteiger partial charge in [-0.25, -0.2) is 5.43 Å². The van der Waals surface area contributed by atoms with Crippen LogP contribution in [0.5, 0.6) is 0 Å². The minimum atomic E-state index is -0.453. The summed E-state index contributed by atoms with van der Waals surface area (Å²) in [5, 5.41) is 14.8. The summed E-state index contributed by atoms with van der Waals surface area (Å²) >= 11 is 3.31. The van der Waals surface area contributed by atoms with Crippen LogP contribution in [0.1, 0.15) is 21.7 Å². The summed E-state index contributed by atoms with van der Waals surface area (Å²) in [7, 11) is 0. The molecule has 27 heavy (non-hydrogen) atoms. The van der Waals surface area contributed by atoms with E-state index < -0.39 is 4.92 Å². The van der Waals surface area contributed by atoms with Crippen LogP contribution in [0.15, 0.2) is 68.6 Å². The number of rotatable bonds is 5. The molecule has 0 atom stereocenters. The van der Waals surface area contributed by atoms with Crippen molar-refractivity contribution in [3.63, 3.8) is 0 Å². The van der Waals surface area contributed by atoms with Crippen LogP contribution in [-0.4, -0.2) is 17.0 Å². The van der Waals surface area contributed by atoms with Gasteiger partial charge in [-0.15, -0.1) is 0 Å². The number of hydrogen-bond acceptors (Lipinski definition) is 5. The van der Waals surface area contributed by atoms with Gasteiger partial charge in [-0.1, -0.05) is 18.2 Å². The zero-order valence-corrected chi connectivity index (χ0v) is 15.8. The molecule has 1 amide bonds. The zero-order chi connectivity index (χ0) is 19.4. The van der Waals surface area contributed by atoms with Gasteiger partial charge in [0.25, 0.3) is 11.6 Å². The Morgan fingerprint density at radius 3 is 2.74 bits per heavy atom. The molecule has 0 spiro atoms. The van der Waals surface area contributed by atoms with Crippen molar-refractivity contribution in [3.8, 4) is 11.3 Å². The third-order valence-corrected chi connectivity index (χ3v) is 4.49. The summed E-state index contributed by atoms with van der Waals surface area (Å²) < 4.78 is 6.33. The van der Waals surface area contributed by atoms with Gasteiger partial charge in [-0.05, 0) is 52.7 Å². The molecule has 1 heterocycles. The fourth-order valence-electron chi connectivity index (χ4n) is 2.42. The summed E-state index contributed by atoms with van der Waals surface area (Å²) in [5.74, 6) is 0.526. The van der Waals surface area contributed by atoms with Gasteiger partial charge >= 0.3 is 0 Å². The Kier molecular flexibility index (Phi) is 5.46. The maximum atomic E-state index is 12.1. The number of nitro groups is 1. The van der Waals surface area contributed by atoms with E-state index in [1.165, 1.54) is 18.3 Å². The second-order valence-corrected chi connectivity index (χ2v) is 6.49. The first kappa shape index (κ1) is 18.5. The van der Waals surface area contributed by atoms with E-state index in [-0.39, 0.29) is 11.6 Å². The van der Waals surface area contributed by atoms with Gasteiger partial charge in [0.15, 0.2) is 0 Å². The molecule has 0 saturated carbocycles. The summed E-state index contributed by atoms with van der Waals surface area (Å²) in [6, 6.07) is 14.9. The topological polar surface area (TPSA) is 97.7 Å². The lowest BCUT2D eigenvalue weighted by atomic mass is 10.1. The van der Waals surface area contributed by atoms with Gasteiger partial charge in [0.1, 0.15) is 11.5 Å². The largest absolute Gasteiger partial charge is 0.455 e. The molecule has 136 valence electrons. The zero-order valence-electron chi connectivity index (χ0n) is 14.2. The molecule has 3 aromatic rings. The van der Waals surface area contributed by atoms with Crippen molar-refractivity contribution in [1.29, 1.82) is 0 Å². The number of amides is 1. The molecule has 7 nitrogen and oxygen atoms in total. The first-order valence-corrected chi connectivity index (χ1v) is 8.68. The molecule has 0 aliphatic heterocycles. The number of nitro benzene ring substituents is 1. The molecule has 0 unspecified atom stereocenters. The molecule has 8 heteroatoms. The maximum Gasteiger partial charge on any atom is 0.272 e. The molecule has 2 aromatic carbocycles. The first-order valence-electron chi connectivity index (χ1n) is 7.89. The van der Waals surface area contributed by atoms with Crippen molar-refractivity contribution in [1.82, 2.24) is 5.43 Å². The molecular weight excluding hydrogens is 414 g/mol. The number of hydrogen-bond donors (Lipinski definition) is 1. The second kappa shape index (κ2) is 7.96. The van der Waals surface area contributed by atoms with Gasteiger partial charge in [0.2, 0.25) is 0 Å². The second-order valence-electron chi connectivity index (χ2n) is 5.64. The molecule has 1 aromatic heterocycles. The summed E-state index contributed by atoms with van der Waals surface area (Å²) in [6.07, 6.45) is 1.37. The molecule has 0 saturated heterocycles. The number of nitrogens with zero attached hydrogens (tertiary/aromatic N) is 2. The number of benzene rings is 2. The molecule has 1 N–H and O–H groups in total. The average Bonchev–Trinajstić information content (AvgIpc) is 3.10. The summed E-state index contributed by atoms with van der Waals surface area (Å²) in [6.45, 7) is 1.84. The van der Waals surface area contributed by atoms with Crippen LogP contribution in [0.3, 0.4) is 0 Å². The van der Waals surface area contributed by atoms with Crippen molar-refractivity contribution in [2.24, 2.45) is 5.10 Å². The predicted octanol–water partition coefficient (Wildman–Crippen LogP) is 4.69. The van der Waals surface area contributed by atoms with Crippen molar-refractivity contribution in [3.05, 3.63) is 86.1 Å². The van der Waals surface area contributed by atoms with E-state index in [1.54, 1.807) is 36.4 Å². The summed E-state index contributed by atoms with van der Waals surface area (Å²) in [4.78, 5) is 22.6.